The molecule has 1 aromatic carbocycles. The Morgan fingerprint density at radius 2 is 2.00 bits per heavy atom. The summed E-state index contributed by atoms with van der Waals surface area (Å²) >= 11 is 0. The van der Waals surface area contributed by atoms with Crippen molar-refractivity contribution in [2.24, 2.45) is 11.8 Å². The predicted octanol–water partition coefficient (Wildman–Crippen LogP) is 2.57. The van der Waals surface area contributed by atoms with E-state index in [-0.39, 0.29) is 12.0 Å². The fraction of sp³-hybridized carbons (Fsp3) is 0.650. The Balaban J connectivity index is 1.40. The molecular formula is C20H28N2O2. The van der Waals surface area contributed by atoms with Gasteiger partial charge in [-0.15, -0.1) is 0 Å². The molecule has 0 spiro atoms. The summed E-state index contributed by atoms with van der Waals surface area (Å²) in [6.07, 6.45) is 4.08. The van der Waals surface area contributed by atoms with E-state index in [4.69, 9.17) is 4.74 Å². The molecule has 24 heavy (non-hydrogen) atoms. The number of carbonyl (C=O) groups is 1. The molecule has 4 rings (SSSR count). The first-order valence-corrected chi connectivity index (χ1v) is 9.39. The Bertz CT molecular complexity index is 599. The summed E-state index contributed by atoms with van der Waals surface area (Å²) in [6.45, 7) is 7.86. The molecule has 130 valence electrons. The lowest BCUT2D eigenvalue weighted by Crippen LogP contribution is -2.49. The van der Waals surface area contributed by atoms with Crippen LogP contribution in [-0.4, -0.2) is 61.1 Å². The maximum absolute atomic E-state index is 12.9. The minimum absolute atomic E-state index is 0.161. The molecule has 0 aromatic heterocycles. The molecule has 2 aliphatic heterocycles. The van der Waals surface area contributed by atoms with Crippen LogP contribution in [0.4, 0.5) is 0 Å². The fourth-order valence-electron chi connectivity index (χ4n) is 4.12. The van der Waals surface area contributed by atoms with Gasteiger partial charge in [0.2, 0.25) is 0 Å². The van der Waals surface area contributed by atoms with E-state index in [1.165, 1.54) is 19.4 Å². The normalized spacial score (nSPS) is 28.3. The Morgan fingerprint density at radius 3 is 2.79 bits per heavy atom. The number of piperidine rings is 1. The number of rotatable bonds is 3. The minimum Gasteiger partial charge on any atom is -0.375 e. The zero-order chi connectivity index (χ0) is 16.5. The Kier molecular flexibility index (Phi) is 4.59. The van der Waals surface area contributed by atoms with Gasteiger partial charge in [-0.25, -0.2) is 0 Å². The lowest BCUT2D eigenvalue weighted by Gasteiger charge is -2.38. The van der Waals surface area contributed by atoms with Crippen molar-refractivity contribution < 1.29 is 9.53 Å². The first kappa shape index (κ1) is 16.1. The Labute approximate surface area is 144 Å². The Hall–Kier alpha value is -1.39. The summed E-state index contributed by atoms with van der Waals surface area (Å²) < 4.78 is 6.15. The molecule has 2 saturated heterocycles. The van der Waals surface area contributed by atoms with E-state index < -0.39 is 0 Å². The summed E-state index contributed by atoms with van der Waals surface area (Å²) in [6, 6.07) is 7.89. The van der Waals surface area contributed by atoms with Crippen molar-refractivity contribution in [3.8, 4) is 0 Å². The quantitative estimate of drug-likeness (QED) is 0.855. The maximum Gasteiger partial charge on any atom is 0.254 e. The third-order valence-electron chi connectivity index (χ3n) is 5.80. The van der Waals surface area contributed by atoms with Gasteiger partial charge in [-0.1, -0.05) is 18.2 Å². The van der Waals surface area contributed by atoms with Crippen LogP contribution in [0.25, 0.3) is 0 Å². The molecule has 0 unspecified atom stereocenters. The van der Waals surface area contributed by atoms with E-state index in [2.05, 4.69) is 4.90 Å². The number of hydrogen-bond acceptors (Lipinski definition) is 3. The van der Waals surface area contributed by atoms with Crippen LogP contribution in [0.2, 0.25) is 0 Å². The molecule has 2 heterocycles. The van der Waals surface area contributed by atoms with Gasteiger partial charge in [0.15, 0.2) is 0 Å². The molecule has 1 aromatic rings. The molecule has 1 amide bonds. The number of ether oxygens (including phenoxy) is 1. The predicted molar refractivity (Wildman–Crippen MR) is 94.1 cm³/mol. The van der Waals surface area contributed by atoms with Gasteiger partial charge in [-0.05, 0) is 43.7 Å². The van der Waals surface area contributed by atoms with Crippen molar-refractivity contribution in [2.75, 3.05) is 39.3 Å². The van der Waals surface area contributed by atoms with Gasteiger partial charge in [0.05, 0.1) is 12.7 Å². The van der Waals surface area contributed by atoms with Crippen LogP contribution in [0.5, 0.6) is 0 Å². The average molecular weight is 328 g/mol. The Morgan fingerprint density at radius 1 is 1.17 bits per heavy atom. The van der Waals surface area contributed by atoms with E-state index in [0.717, 1.165) is 56.3 Å². The zero-order valence-electron chi connectivity index (χ0n) is 14.6. The van der Waals surface area contributed by atoms with Gasteiger partial charge in [0.1, 0.15) is 0 Å². The molecular weight excluding hydrogens is 300 g/mol. The van der Waals surface area contributed by atoms with Crippen LogP contribution in [0.1, 0.15) is 35.2 Å². The highest BCUT2D eigenvalue weighted by Gasteiger charge is 2.36. The number of hydrogen-bond donors (Lipinski definition) is 0. The molecule has 4 nitrogen and oxygen atoms in total. The highest BCUT2D eigenvalue weighted by atomic mass is 16.5. The molecule has 2 atom stereocenters. The van der Waals surface area contributed by atoms with Crippen molar-refractivity contribution in [3.05, 3.63) is 35.4 Å². The van der Waals surface area contributed by atoms with Crippen molar-refractivity contribution in [1.29, 1.82) is 0 Å². The molecule has 1 aliphatic carbocycles. The van der Waals surface area contributed by atoms with E-state index in [0.29, 0.717) is 5.92 Å². The number of aryl methyl sites for hydroxylation is 1. The third-order valence-corrected chi connectivity index (χ3v) is 5.80. The zero-order valence-corrected chi connectivity index (χ0v) is 14.6. The van der Waals surface area contributed by atoms with Crippen LogP contribution in [-0.2, 0) is 4.74 Å². The number of fused-ring (bicyclic) bond motifs is 1. The van der Waals surface area contributed by atoms with Crippen LogP contribution in [0.15, 0.2) is 24.3 Å². The second-order valence-electron chi connectivity index (χ2n) is 7.73. The van der Waals surface area contributed by atoms with Crippen LogP contribution in [0, 0.1) is 18.8 Å². The molecule has 4 heteroatoms. The first-order chi connectivity index (χ1) is 11.7. The molecule has 0 N–H and O–H groups in total. The molecule has 3 fully saturated rings. The summed E-state index contributed by atoms with van der Waals surface area (Å²) in [5.74, 6) is 1.67. The summed E-state index contributed by atoms with van der Waals surface area (Å²) in [5.41, 5.74) is 1.89. The van der Waals surface area contributed by atoms with Crippen molar-refractivity contribution in [2.45, 2.75) is 32.3 Å². The number of nitrogens with zero attached hydrogens (tertiary/aromatic N) is 2. The van der Waals surface area contributed by atoms with E-state index in [1.807, 2.05) is 36.1 Å². The largest absolute Gasteiger partial charge is 0.375 e. The summed E-state index contributed by atoms with van der Waals surface area (Å²) in [4.78, 5) is 17.5. The second-order valence-corrected chi connectivity index (χ2v) is 7.73. The number of benzene rings is 1. The van der Waals surface area contributed by atoms with E-state index in [9.17, 15) is 4.79 Å². The van der Waals surface area contributed by atoms with E-state index in [1.54, 1.807) is 0 Å². The van der Waals surface area contributed by atoms with Gasteiger partial charge in [-0.3, -0.25) is 4.79 Å². The van der Waals surface area contributed by atoms with Gasteiger partial charge in [-0.2, -0.15) is 0 Å². The smallest absolute Gasteiger partial charge is 0.254 e. The van der Waals surface area contributed by atoms with E-state index >= 15 is 0 Å². The molecule has 0 bridgehead atoms. The van der Waals surface area contributed by atoms with Gasteiger partial charge < -0.3 is 14.5 Å². The number of amides is 1. The molecule has 3 aliphatic rings. The standard InChI is InChI=1S/C20H28N2O2/c1-15-4-2-3-5-18(15)20(23)22-9-8-17-13-21(12-16-6-7-16)10-11-24-19(17)14-22/h2-5,16-17,19H,6-14H2,1H3/t17-,19-/m1/s1. The monoisotopic (exact) mass is 328 g/mol. The molecule has 1 saturated carbocycles. The third kappa shape index (κ3) is 3.50. The lowest BCUT2D eigenvalue weighted by molar-refractivity contribution is -0.0171. The highest BCUT2D eigenvalue weighted by Crippen LogP contribution is 2.32. The van der Waals surface area contributed by atoms with Crippen LogP contribution < -0.4 is 0 Å². The highest BCUT2D eigenvalue weighted by molar-refractivity contribution is 5.95. The van der Waals surface area contributed by atoms with Crippen molar-refractivity contribution in [1.82, 2.24) is 9.80 Å². The SMILES string of the molecule is Cc1ccccc1C(=O)N1CC[C@@H]2CN(CC3CC3)CCO[C@@H]2C1. The molecule has 0 radical (unpaired) electrons. The topological polar surface area (TPSA) is 32.8 Å². The van der Waals surface area contributed by atoms with Gasteiger partial charge >= 0.3 is 0 Å². The second kappa shape index (κ2) is 6.85. The average Bonchev–Trinajstić information content (AvgIpc) is 3.41. The summed E-state index contributed by atoms with van der Waals surface area (Å²) in [7, 11) is 0. The number of carbonyl (C=O) groups excluding carboxylic acids is 1. The first-order valence-electron chi connectivity index (χ1n) is 9.39. The van der Waals surface area contributed by atoms with Gasteiger partial charge in [0.25, 0.3) is 5.91 Å². The maximum atomic E-state index is 12.9. The van der Waals surface area contributed by atoms with Crippen molar-refractivity contribution >= 4 is 5.91 Å². The van der Waals surface area contributed by atoms with Crippen LogP contribution in [0.3, 0.4) is 0 Å². The number of likely N-dealkylation sites (tertiary alicyclic amines) is 1. The van der Waals surface area contributed by atoms with Crippen molar-refractivity contribution in [3.63, 3.8) is 0 Å². The fourth-order valence-corrected chi connectivity index (χ4v) is 4.12. The van der Waals surface area contributed by atoms with Gasteiger partial charge in [0, 0.05) is 44.2 Å². The summed E-state index contributed by atoms with van der Waals surface area (Å²) in [5, 5.41) is 0. The van der Waals surface area contributed by atoms with Crippen LogP contribution >= 0.6 is 0 Å². The minimum atomic E-state index is 0.161. The lowest BCUT2D eigenvalue weighted by atomic mass is 9.92.